The van der Waals surface area contributed by atoms with Crippen molar-refractivity contribution in [1.82, 2.24) is 5.32 Å². The summed E-state index contributed by atoms with van der Waals surface area (Å²) >= 11 is 0. The van der Waals surface area contributed by atoms with Crippen LogP contribution in [0.3, 0.4) is 0 Å². The Labute approximate surface area is 120 Å². The quantitative estimate of drug-likeness (QED) is 0.881. The summed E-state index contributed by atoms with van der Waals surface area (Å²) in [6.07, 6.45) is 0.745. The summed E-state index contributed by atoms with van der Waals surface area (Å²) in [6.45, 7) is 4.55. The molecule has 0 aliphatic carbocycles. The van der Waals surface area contributed by atoms with E-state index in [0.717, 1.165) is 12.0 Å². The van der Waals surface area contributed by atoms with E-state index in [1.165, 1.54) is 5.56 Å². The van der Waals surface area contributed by atoms with Crippen molar-refractivity contribution in [2.24, 2.45) is 5.41 Å². The zero-order chi connectivity index (χ0) is 14.4. The highest BCUT2D eigenvalue weighted by Gasteiger charge is 2.27. The van der Waals surface area contributed by atoms with Gasteiger partial charge in [0.05, 0.1) is 0 Å². The number of benzene rings is 2. The highest BCUT2D eigenvalue weighted by atomic mass is 16.2. The average Bonchev–Trinajstić information content (AvgIpc) is 2.46. The summed E-state index contributed by atoms with van der Waals surface area (Å²) in [5, 5.41) is 3.02. The summed E-state index contributed by atoms with van der Waals surface area (Å²) in [7, 11) is 0. The van der Waals surface area contributed by atoms with E-state index in [2.05, 4.69) is 17.4 Å². The van der Waals surface area contributed by atoms with E-state index >= 15 is 0 Å². The molecule has 0 aliphatic rings. The molecule has 0 saturated heterocycles. The van der Waals surface area contributed by atoms with Gasteiger partial charge in [0.15, 0.2) is 0 Å². The Morgan fingerprint density at radius 2 is 1.40 bits per heavy atom. The molecule has 2 nitrogen and oxygen atoms in total. The van der Waals surface area contributed by atoms with E-state index in [0.29, 0.717) is 6.54 Å². The lowest BCUT2D eigenvalue weighted by Gasteiger charge is -2.23. The van der Waals surface area contributed by atoms with Crippen molar-refractivity contribution >= 4 is 5.91 Å². The first-order valence-electron chi connectivity index (χ1n) is 6.94. The maximum Gasteiger partial charge on any atom is 0.226 e. The van der Waals surface area contributed by atoms with Gasteiger partial charge >= 0.3 is 0 Å². The van der Waals surface area contributed by atoms with Crippen molar-refractivity contribution in [3.8, 4) is 0 Å². The van der Waals surface area contributed by atoms with Gasteiger partial charge in [-0.05, 0) is 17.5 Å². The Morgan fingerprint density at radius 3 is 1.95 bits per heavy atom. The van der Waals surface area contributed by atoms with Crippen LogP contribution in [0.1, 0.15) is 25.0 Å². The molecule has 0 aromatic heterocycles. The van der Waals surface area contributed by atoms with Crippen LogP contribution in [0.5, 0.6) is 0 Å². The fraction of sp³-hybridized carbons (Fsp3) is 0.278. The van der Waals surface area contributed by atoms with Crippen LogP contribution >= 0.6 is 0 Å². The third-order valence-electron chi connectivity index (χ3n) is 3.40. The smallest absolute Gasteiger partial charge is 0.226 e. The van der Waals surface area contributed by atoms with Crippen molar-refractivity contribution < 1.29 is 4.79 Å². The predicted molar refractivity (Wildman–Crippen MR) is 82.2 cm³/mol. The highest BCUT2D eigenvalue weighted by Crippen LogP contribution is 2.22. The zero-order valence-electron chi connectivity index (χ0n) is 12.1. The fourth-order valence-electron chi connectivity index (χ4n) is 2.20. The maximum absolute atomic E-state index is 12.3. The van der Waals surface area contributed by atoms with Crippen LogP contribution in [0.15, 0.2) is 60.7 Å². The second kappa shape index (κ2) is 6.38. The van der Waals surface area contributed by atoms with Crippen molar-refractivity contribution in [2.45, 2.75) is 26.8 Å². The Kier molecular flexibility index (Phi) is 4.57. The number of hydrogen-bond acceptors (Lipinski definition) is 1. The van der Waals surface area contributed by atoms with Gasteiger partial charge in [-0.1, -0.05) is 74.5 Å². The Balaban J connectivity index is 1.93. The van der Waals surface area contributed by atoms with Gasteiger partial charge in [0.25, 0.3) is 0 Å². The molecule has 104 valence electrons. The third kappa shape index (κ3) is 3.95. The minimum absolute atomic E-state index is 0.0882. The number of rotatable bonds is 5. The first-order chi connectivity index (χ1) is 9.58. The first-order valence-corrected chi connectivity index (χ1v) is 6.94. The molecule has 2 aromatic rings. The van der Waals surface area contributed by atoms with Crippen LogP contribution in [0.2, 0.25) is 0 Å². The number of nitrogens with one attached hydrogen (secondary N) is 1. The summed E-state index contributed by atoms with van der Waals surface area (Å²) in [5.41, 5.74) is 1.90. The van der Waals surface area contributed by atoms with Crippen molar-refractivity contribution in [3.63, 3.8) is 0 Å². The van der Waals surface area contributed by atoms with Gasteiger partial charge in [-0.3, -0.25) is 4.79 Å². The van der Waals surface area contributed by atoms with E-state index in [4.69, 9.17) is 0 Å². The number of hydrogen-bond donors (Lipinski definition) is 1. The van der Waals surface area contributed by atoms with Crippen LogP contribution in [-0.2, 0) is 17.8 Å². The molecule has 0 atom stereocenters. The van der Waals surface area contributed by atoms with Gasteiger partial charge in [-0.2, -0.15) is 0 Å². The summed E-state index contributed by atoms with van der Waals surface area (Å²) in [4.78, 5) is 12.3. The number of carbonyl (C=O) groups is 1. The lowest BCUT2D eigenvalue weighted by atomic mass is 9.85. The van der Waals surface area contributed by atoms with E-state index in [1.54, 1.807) is 0 Å². The molecular formula is C18H21NO. The lowest BCUT2D eigenvalue weighted by molar-refractivity contribution is -0.129. The molecule has 0 unspecified atom stereocenters. The van der Waals surface area contributed by atoms with Crippen LogP contribution in [-0.4, -0.2) is 5.91 Å². The molecule has 0 radical (unpaired) electrons. The monoisotopic (exact) mass is 267 g/mol. The topological polar surface area (TPSA) is 29.1 Å². The Bertz CT molecular complexity index is 546. The SMILES string of the molecule is CC(C)(Cc1ccccc1)C(=O)NCc1ccccc1. The molecule has 0 heterocycles. The molecule has 0 saturated carbocycles. The fourth-order valence-corrected chi connectivity index (χ4v) is 2.20. The van der Waals surface area contributed by atoms with Gasteiger partial charge in [0.1, 0.15) is 0 Å². The van der Waals surface area contributed by atoms with Crippen molar-refractivity contribution in [2.75, 3.05) is 0 Å². The van der Waals surface area contributed by atoms with Gasteiger partial charge < -0.3 is 5.32 Å². The third-order valence-corrected chi connectivity index (χ3v) is 3.40. The number of amides is 1. The Morgan fingerprint density at radius 1 is 0.900 bits per heavy atom. The number of carbonyl (C=O) groups excluding carboxylic acids is 1. The molecule has 2 rings (SSSR count). The lowest BCUT2D eigenvalue weighted by Crippen LogP contribution is -2.38. The molecule has 2 heteroatoms. The summed E-state index contributed by atoms with van der Waals surface area (Å²) in [6, 6.07) is 20.1. The van der Waals surface area contributed by atoms with E-state index in [1.807, 2.05) is 62.4 Å². The molecule has 0 bridgehead atoms. The average molecular weight is 267 g/mol. The van der Waals surface area contributed by atoms with Crippen LogP contribution in [0.25, 0.3) is 0 Å². The van der Waals surface area contributed by atoms with Crippen LogP contribution < -0.4 is 5.32 Å². The first kappa shape index (κ1) is 14.3. The molecular weight excluding hydrogens is 246 g/mol. The van der Waals surface area contributed by atoms with Crippen molar-refractivity contribution in [1.29, 1.82) is 0 Å². The van der Waals surface area contributed by atoms with E-state index in [-0.39, 0.29) is 5.91 Å². The second-order valence-electron chi connectivity index (χ2n) is 5.71. The molecule has 2 aromatic carbocycles. The predicted octanol–water partition coefficient (Wildman–Crippen LogP) is 3.57. The minimum atomic E-state index is -0.407. The van der Waals surface area contributed by atoms with Crippen molar-refractivity contribution in [3.05, 3.63) is 71.8 Å². The zero-order valence-corrected chi connectivity index (χ0v) is 12.1. The van der Waals surface area contributed by atoms with Gasteiger partial charge in [-0.15, -0.1) is 0 Å². The van der Waals surface area contributed by atoms with E-state index < -0.39 is 5.41 Å². The second-order valence-corrected chi connectivity index (χ2v) is 5.71. The van der Waals surface area contributed by atoms with Gasteiger partial charge in [-0.25, -0.2) is 0 Å². The molecule has 0 spiro atoms. The molecule has 0 fully saturated rings. The standard InChI is InChI=1S/C18H21NO/c1-18(2,13-15-9-5-3-6-10-15)17(20)19-14-16-11-7-4-8-12-16/h3-12H,13-14H2,1-2H3,(H,19,20). The van der Waals surface area contributed by atoms with Gasteiger partial charge in [0.2, 0.25) is 5.91 Å². The minimum Gasteiger partial charge on any atom is -0.352 e. The van der Waals surface area contributed by atoms with E-state index in [9.17, 15) is 4.79 Å². The molecule has 0 aliphatic heterocycles. The molecule has 1 amide bonds. The summed E-state index contributed by atoms with van der Waals surface area (Å²) < 4.78 is 0. The van der Waals surface area contributed by atoms with Crippen LogP contribution in [0.4, 0.5) is 0 Å². The maximum atomic E-state index is 12.3. The summed E-state index contributed by atoms with van der Waals surface area (Å²) in [5.74, 6) is 0.0882. The highest BCUT2D eigenvalue weighted by molar-refractivity contribution is 5.82. The van der Waals surface area contributed by atoms with Gasteiger partial charge in [0, 0.05) is 12.0 Å². The van der Waals surface area contributed by atoms with Crippen LogP contribution in [0, 0.1) is 5.41 Å². The molecule has 20 heavy (non-hydrogen) atoms. The largest absolute Gasteiger partial charge is 0.352 e. The normalized spacial score (nSPS) is 11.1. The molecule has 1 N–H and O–H groups in total. The Hall–Kier alpha value is -2.09.